The van der Waals surface area contributed by atoms with E-state index in [1.54, 1.807) is 6.92 Å². The molecule has 0 aliphatic carbocycles. The highest BCUT2D eigenvalue weighted by atomic mass is 16.4. The number of aliphatic carboxylic acids is 1. The average Bonchev–Trinajstić information content (AvgIpc) is 2.26. The first-order valence-electron chi connectivity index (χ1n) is 6.31. The number of carboxylic acid groups (broad SMARTS) is 1. The van der Waals surface area contributed by atoms with E-state index in [9.17, 15) is 14.4 Å². The van der Waals surface area contributed by atoms with Crippen LogP contribution in [0, 0.1) is 5.92 Å². The van der Waals surface area contributed by atoms with Gasteiger partial charge in [-0.1, -0.05) is 13.3 Å². The van der Waals surface area contributed by atoms with Crippen LogP contribution in [0.25, 0.3) is 0 Å². The summed E-state index contributed by atoms with van der Waals surface area (Å²) in [5, 5.41) is 11.2. The number of carboxylic acids is 1. The number of nitrogens with one attached hydrogen (secondary N) is 1. The number of amides is 2. The SMILES string of the molecule is CC(N)CCCC(C)C(=O)N[C@@H](CC(N)=O)C(=O)O. The molecule has 2 amide bonds. The zero-order valence-electron chi connectivity index (χ0n) is 11.4. The van der Waals surface area contributed by atoms with Crippen molar-refractivity contribution in [3.63, 3.8) is 0 Å². The summed E-state index contributed by atoms with van der Waals surface area (Å²) < 4.78 is 0. The molecule has 0 aromatic heterocycles. The zero-order chi connectivity index (χ0) is 15.0. The molecular formula is C12H23N3O4. The minimum absolute atomic E-state index is 0.0805. The van der Waals surface area contributed by atoms with E-state index in [0.29, 0.717) is 6.42 Å². The molecule has 0 heterocycles. The van der Waals surface area contributed by atoms with Crippen molar-refractivity contribution >= 4 is 17.8 Å². The zero-order valence-corrected chi connectivity index (χ0v) is 11.4. The molecule has 2 unspecified atom stereocenters. The lowest BCUT2D eigenvalue weighted by atomic mass is 10.0. The molecule has 0 saturated heterocycles. The van der Waals surface area contributed by atoms with Crippen molar-refractivity contribution < 1.29 is 19.5 Å². The minimum atomic E-state index is -1.27. The van der Waals surface area contributed by atoms with Crippen molar-refractivity contribution in [2.45, 2.75) is 51.6 Å². The fourth-order valence-electron chi connectivity index (χ4n) is 1.59. The monoisotopic (exact) mass is 273 g/mol. The summed E-state index contributed by atoms with van der Waals surface area (Å²) in [6, 6.07) is -1.18. The van der Waals surface area contributed by atoms with Crippen LogP contribution in [0.3, 0.4) is 0 Å². The van der Waals surface area contributed by atoms with E-state index in [1.165, 1.54) is 0 Å². The molecule has 3 atom stereocenters. The van der Waals surface area contributed by atoms with Gasteiger partial charge in [-0.3, -0.25) is 9.59 Å². The van der Waals surface area contributed by atoms with Gasteiger partial charge >= 0.3 is 5.97 Å². The number of hydrogen-bond donors (Lipinski definition) is 4. The first kappa shape index (κ1) is 17.4. The molecule has 0 aliphatic heterocycles. The van der Waals surface area contributed by atoms with E-state index in [0.717, 1.165) is 12.8 Å². The van der Waals surface area contributed by atoms with Crippen LogP contribution in [0.5, 0.6) is 0 Å². The summed E-state index contributed by atoms with van der Waals surface area (Å²) in [7, 11) is 0. The van der Waals surface area contributed by atoms with Crippen molar-refractivity contribution in [3.05, 3.63) is 0 Å². The minimum Gasteiger partial charge on any atom is -0.480 e. The average molecular weight is 273 g/mol. The molecule has 0 spiro atoms. The molecular weight excluding hydrogens is 250 g/mol. The summed E-state index contributed by atoms with van der Waals surface area (Å²) in [4.78, 5) is 33.3. The third-order valence-electron chi connectivity index (χ3n) is 2.76. The lowest BCUT2D eigenvalue weighted by Gasteiger charge is -2.17. The van der Waals surface area contributed by atoms with Gasteiger partial charge in [-0.05, 0) is 19.8 Å². The Bertz CT molecular complexity index is 331. The Kier molecular flexibility index (Phi) is 7.74. The molecule has 0 aliphatic rings. The first-order chi connectivity index (χ1) is 8.73. The van der Waals surface area contributed by atoms with Gasteiger partial charge < -0.3 is 21.9 Å². The number of rotatable bonds is 9. The molecule has 0 bridgehead atoms. The van der Waals surface area contributed by atoms with Crippen LogP contribution >= 0.6 is 0 Å². The Labute approximate surface area is 112 Å². The Morgan fingerprint density at radius 1 is 1.21 bits per heavy atom. The van der Waals surface area contributed by atoms with Gasteiger partial charge in [0.1, 0.15) is 6.04 Å². The van der Waals surface area contributed by atoms with E-state index in [4.69, 9.17) is 16.6 Å². The molecule has 0 fully saturated rings. The lowest BCUT2D eigenvalue weighted by molar-refractivity contribution is -0.143. The Hall–Kier alpha value is -1.63. The Morgan fingerprint density at radius 3 is 2.21 bits per heavy atom. The molecule has 110 valence electrons. The Balaban J connectivity index is 4.23. The number of hydrogen-bond acceptors (Lipinski definition) is 4. The quantitative estimate of drug-likeness (QED) is 0.452. The highest BCUT2D eigenvalue weighted by Gasteiger charge is 2.24. The van der Waals surface area contributed by atoms with Crippen molar-refractivity contribution in [1.29, 1.82) is 0 Å². The van der Waals surface area contributed by atoms with E-state index < -0.39 is 30.2 Å². The third-order valence-corrected chi connectivity index (χ3v) is 2.76. The van der Waals surface area contributed by atoms with Gasteiger partial charge in [-0.15, -0.1) is 0 Å². The third kappa shape index (κ3) is 8.15. The van der Waals surface area contributed by atoms with Crippen LogP contribution in [-0.2, 0) is 14.4 Å². The van der Waals surface area contributed by atoms with Crippen molar-refractivity contribution in [2.75, 3.05) is 0 Å². The summed E-state index contributed by atoms with van der Waals surface area (Å²) in [6.07, 6.45) is 1.81. The number of carbonyl (C=O) groups excluding carboxylic acids is 2. The maximum absolute atomic E-state index is 11.8. The Morgan fingerprint density at radius 2 is 1.79 bits per heavy atom. The van der Waals surface area contributed by atoms with Gasteiger partial charge in [0.2, 0.25) is 11.8 Å². The predicted octanol–water partition coefficient (Wildman–Crippen LogP) is -0.415. The topological polar surface area (TPSA) is 136 Å². The van der Waals surface area contributed by atoms with E-state index in [-0.39, 0.29) is 12.0 Å². The van der Waals surface area contributed by atoms with Gasteiger partial charge in [0.15, 0.2) is 0 Å². The van der Waals surface area contributed by atoms with Gasteiger partial charge in [-0.25, -0.2) is 4.79 Å². The van der Waals surface area contributed by atoms with Crippen LogP contribution in [0.15, 0.2) is 0 Å². The molecule has 7 nitrogen and oxygen atoms in total. The molecule has 0 saturated carbocycles. The molecule has 19 heavy (non-hydrogen) atoms. The van der Waals surface area contributed by atoms with Crippen LogP contribution < -0.4 is 16.8 Å². The normalized spacial score (nSPS) is 15.3. The van der Waals surface area contributed by atoms with Crippen LogP contribution in [-0.4, -0.2) is 35.0 Å². The van der Waals surface area contributed by atoms with E-state index in [1.807, 2.05) is 6.92 Å². The van der Waals surface area contributed by atoms with Gasteiger partial charge in [0.25, 0.3) is 0 Å². The van der Waals surface area contributed by atoms with Crippen molar-refractivity contribution in [1.82, 2.24) is 5.32 Å². The second-order valence-electron chi connectivity index (χ2n) is 4.88. The second-order valence-corrected chi connectivity index (χ2v) is 4.88. The molecule has 0 aromatic carbocycles. The van der Waals surface area contributed by atoms with Crippen LogP contribution in [0.1, 0.15) is 39.5 Å². The van der Waals surface area contributed by atoms with E-state index in [2.05, 4.69) is 5.32 Å². The van der Waals surface area contributed by atoms with Crippen molar-refractivity contribution in [3.8, 4) is 0 Å². The van der Waals surface area contributed by atoms with E-state index >= 15 is 0 Å². The largest absolute Gasteiger partial charge is 0.480 e. The maximum Gasteiger partial charge on any atom is 0.326 e. The molecule has 7 heteroatoms. The maximum atomic E-state index is 11.8. The number of nitrogens with two attached hydrogens (primary N) is 2. The number of carbonyl (C=O) groups is 3. The fraction of sp³-hybridized carbons (Fsp3) is 0.750. The summed E-state index contributed by atoms with van der Waals surface area (Å²) in [6.45, 7) is 3.59. The second kappa shape index (κ2) is 8.47. The molecule has 0 radical (unpaired) electrons. The summed E-state index contributed by atoms with van der Waals surface area (Å²) >= 11 is 0. The molecule has 6 N–H and O–H groups in total. The fourth-order valence-corrected chi connectivity index (χ4v) is 1.59. The standard InChI is InChI=1S/C12H23N3O4/c1-7(4-3-5-8(2)13)11(17)15-9(12(18)19)6-10(14)16/h7-9H,3-6,13H2,1-2H3,(H2,14,16)(H,15,17)(H,18,19)/t7?,8?,9-/m0/s1. The predicted molar refractivity (Wildman–Crippen MR) is 70.0 cm³/mol. The number of primary amides is 1. The van der Waals surface area contributed by atoms with Gasteiger partial charge in [0.05, 0.1) is 6.42 Å². The summed E-state index contributed by atoms with van der Waals surface area (Å²) in [5.74, 6) is -2.75. The lowest BCUT2D eigenvalue weighted by Crippen LogP contribution is -2.45. The highest BCUT2D eigenvalue weighted by molar-refractivity contribution is 5.88. The van der Waals surface area contributed by atoms with Gasteiger partial charge in [-0.2, -0.15) is 0 Å². The summed E-state index contributed by atoms with van der Waals surface area (Å²) in [5.41, 5.74) is 10.5. The highest BCUT2D eigenvalue weighted by Crippen LogP contribution is 2.09. The molecule has 0 aromatic rings. The van der Waals surface area contributed by atoms with Crippen LogP contribution in [0.4, 0.5) is 0 Å². The molecule has 0 rings (SSSR count). The smallest absolute Gasteiger partial charge is 0.326 e. The first-order valence-corrected chi connectivity index (χ1v) is 6.31. The van der Waals surface area contributed by atoms with Crippen molar-refractivity contribution in [2.24, 2.45) is 17.4 Å². The van der Waals surface area contributed by atoms with Gasteiger partial charge in [0, 0.05) is 12.0 Å². The van der Waals surface area contributed by atoms with Crippen LogP contribution in [0.2, 0.25) is 0 Å².